The minimum atomic E-state index is -0.359. The van der Waals surface area contributed by atoms with Crippen molar-refractivity contribution >= 4 is 39.9 Å². The molecule has 2 aliphatic heterocycles. The molecule has 0 bridgehead atoms. The van der Waals surface area contributed by atoms with Crippen LogP contribution in [0.3, 0.4) is 0 Å². The van der Waals surface area contributed by atoms with Gasteiger partial charge in [0.15, 0.2) is 0 Å². The molecule has 0 radical (unpaired) electrons. The number of nitrogens with one attached hydrogen (secondary N) is 1. The summed E-state index contributed by atoms with van der Waals surface area (Å²) in [5.41, 5.74) is 3.72. The quantitative estimate of drug-likeness (QED) is 0.783. The number of rotatable bonds is 1. The molecule has 0 saturated carbocycles. The van der Waals surface area contributed by atoms with Gasteiger partial charge in [0, 0.05) is 10.9 Å². The monoisotopic (exact) mass is 341 g/mol. The third-order valence-electron chi connectivity index (χ3n) is 5.04. The molecule has 2 aromatic rings. The highest BCUT2D eigenvalue weighted by atomic mass is 32.1. The van der Waals surface area contributed by atoms with Crippen molar-refractivity contribution in [3.63, 3.8) is 0 Å². The Bertz CT molecular complexity index is 969. The molecule has 6 heteroatoms. The van der Waals surface area contributed by atoms with Crippen molar-refractivity contribution in [2.75, 3.05) is 0 Å². The van der Waals surface area contributed by atoms with Crippen molar-refractivity contribution in [2.45, 2.75) is 45.6 Å². The Morgan fingerprint density at radius 2 is 2.12 bits per heavy atom. The summed E-state index contributed by atoms with van der Waals surface area (Å²) < 4.78 is 1.95. The number of aromatic nitrogens is 1. The fourth-order valence-electron chi connectivity index (χ4n) is 4.24. The minimum absolute atomic E-state index is 0.0901. The SMILES string of the molecule is Cc1cc2c3c(c1)c(C1=NC(=S)NC1=O)c(O)n3C(C)(C)C[C@@H]2C. The van der Waals surface area contributed by atoms with Crippen LogP contribution in [0.15, 0.2) is 17.1 Å². The Kier molecular flexibility index (Phi) is 2.98. The number of carbonyl (C=O) groups is 1. The summed E-state index contributed by atoms with van der Waals surface area (Å²) in [6, 6.07) is 4.18. The van der Waals surface area contributed by atoms with Gasteiger partial charge in [-0.2, -0.15) is 0 Å². The van der Waals surface area contributed by atoms with Gasteiger partial charge >= 0.3 is 0 Å². The van der Waals surface area contributed by atoms with E-state index in [1.54, 1.807) is 0 Å². The minimum Gasteiger partial charge on any atom is -0.494 e. The van der Waals surface area contributed by atoms with Crippen LogP contribution < -0.4 is 5.32 Å². The number of benzene rings is 1. The topological polar surface area (TPSA) is 66.6 Å². The van der Waals surface area contributed by atoms with Crippen molar-refractivity contribution < 1.29 is 9.90 Å². The number of aryl methyl sites for hydroxylation is 1. The van der Waals surface area contributed by atoms with Gasteiger partial charge < -0.3 is 9.67 Å². The smallest absolute Gasteiger partial charge is 0.277 e. The lowest BCUT2D eigenvalue weighted by Crippen LogP contribution is -2.31. The molecule has 2 aliphatic rings. The highest BCUT2D eigenvalue weighted by Gasteiger charge is 2.39. The average Bonchev–Trinajstić information content (AvgIpc) is 2.92. The van der Waals surface area contributed by atoms with Crippen molar-refractivity contribution in [3.05, 3.63) is 28.8 Å². The number of nitrogens with zero attached hydrogens (tertiary/aromatic N) is 2. The van der Waals surface area contributed by atoms with E-state index in [0.29, 0.717) is 11.5 Å². The van der Waals surface area contributed by atoms with Gasteiger partial charge in [0.1, 0.15) is 5.71 Å². The molecule has 124 valence electrons. The zero-order valence-corrected chi connectivity index (χ0v) is 14.9. The Hall–Kier alpha value is -2.21. The Morgan fingerprint density at radius 1 is 1.42 bits per heavy atom. The molecule has 0 fully saturated rings. The molecule has 1 aromatic heterocycles. The van der Waals surface area contributed by atoms with Gasteiger partial charge in [0.25, 0.3) is 5.91 Å². The summed E-state index contributed by atoms with van der Waals surface area (Å²) in [7, 11) is 0. The predicted octanol–water partition coefficient (Wildman–Crippen LogP) is 3.10. The second-order valence-electron chi connectivity index (χ2n) is 7.42. The van der Waals surface area contributed by atoms with Crippen molar-refractivity contribution in [2.24, 2.45) is 4.99 Å². The van der Waals surface area contributed by atoms with Crippen LogP contribution in [0.2, 0.25) is 0 Å². The van der Waals surface area contributed by atoms with Gasteiger partial charge in [-0.3, -0.25) is 10.1 Å². The highest BCUT2D eigenvalue weighted by molar-refractivity contribution is 7.80. The van der Waals surface area contributed by atoms with Crippen LogP contribution in [-0.2, 0) is 10.3 Å². The van der Waals surface area contributed by atoms with E-state index in [4.69, 9.17) is 12.2 Å². The second kappa shape index (κ2) is 4.66. The molecule has 0 spiro atoms. The van der Waals surface area contributed by atoms with Crippen LogP contribution in [0.4, 0.5) is 0 Å². The Balaban J connectivity index is 2.17. The number of thiocarbonyl (C=S) groups is 1. The predicted molar refractivity (Wildman–Crippen MR) is 98.0 cm³/mol. The van der Waals surface area contributed by atoms with Gasteiger partial charge in [0.05, 0.1) is 11.1 Å². The molecule has 2 N–H and O–H groups in total. The first-order valence-electron chi connectivity index (χ1n) is 8.03. The number of aliphatic imine (C=N–C) groups is 1. The molecule has 0 unspecified atom stereocenters. The van der Waals surface area contributed by atoms with E-state index in [-0.39, 0.29) is 28.2 Å². The van der Waals surface area contributed by atoms with Crippen LogP contribution in [-0.4, -0.2) is 26.4 Å². The molecule has 0 saturated heterocycles. The van der Waals surface area contributed by atoms with E-state index < -0.39 is 0 Å². The third-order valence-corrected chi connectivity index (χ3v) is 5.23. The summed E-state index contributed by atoms with van der Waals surface area (Å²) in [6.45, 7) is 8.45. The lowest BCUT2D eigenvalue weighted by Gasteiger charge is -2.37. The highest BCUT2D eigenvalue weighted by Crippen LogP contribution is 2.48. The summed E-state index contributed by atoms with van der Waals surface area (Å²) in [5.74, 6) is 0.104. The zero-order valence-electron chi connectivity index (χ0n) is 14.1. The molecular formula is C18H19N3O2S. The molecular weight excluding hydrogens is 322 g/mol. The van der Waals surface area contributed by atoms with E-state index in [1.165, 1.54) is 5.56 Å². The number of amides is 1. The molecule has 4 rings (SSSR count). The standard InChI is InChI=1S/C18H19N3O2S/c1-8-5-10-9(2)7-18(3,4)21-14(10)11(6-8)12(16(21)23)13-15(22)20-17(24)19-13/h5-6,9,23H,7H2,1-4H3,(H,20,22,24)/t9-/m0/s1. The van der Waals surface area contributed by atoms with Crippen molar-refractivity contribution in [1.82, 2.24) is 9.88 Å². The fourth-order valence-corrected chi connectivity index (χ4v) is 4.42. The van der Waals surface area contributed by atoms with Crippen LogP contribution in [0.25, 0.3) is 10.9 Å². The first-order valence-corrected chi connectivity index (χ1v) is 8.44. The van der Waals surface area contributed by atoms with Gasteiger partial charge in [-0.1, -0.05) is 18.6 Å². The van der Waals surface area contributed by atoms with E-state index in [9.17, 15) is 9.90 Å². The Labute approximate surface area is 145 Å². The van der Waals surface area contributed by atoms with Gasteiger partial charge in [-0.15, -0.1) is 0 Å². The lowest BCUT2D eigenvalue weighted by molar-refractivity contribution is -0.113. The maximum atomic E-state index is 12.2. The first kappa shape index (κ1) is 15.3. The van der Waals surface area contributed by atoms with Gasteiger partial charge in [0.2, 0.25) is 11.0 Å². The van der Waals surface area contributed by atoms with Gasteiger partial charge in [-0.05, 0) is 57.0 Å². The maximum Gasteiger partial charge on any atom is 0.277 e. The molecule has 5 nitrogen and oxygen atoms in total. The summed E-state index contributed by atoms with van der Waals surface area (Å²) in [4.78, 5) is 16.4. The number of hydrogen-bond acceptors (Lipinski definition) is 3. The zero-order chi connectivity index (χ0) is 17.4. The first-order chi connectivity index (χ1) is 11.2. The third kappa shape index (κ3) is 1.89. The maximum absolute atomic E-state index is 12.2. The van der Waals surface area contributed by atoms with Crippen LogP contribution in [0.5, 0.6) is 5.88 Å². The average molecular weight is 341 g/mol. The largest absolute Gasteiger partial charge is 0.494 e. The van der Waals surface area contributed by atoms with Crippen LogP contribution in [0.1, 0.15) is 49.8 Å². The molecule has 24 heavy (non-hydrogen) atoms. The normalized spacial score (nSPS) is 22.0. The van der Waals surface area contributed by atoms with E-state index in [1.807, 2.05) is 17.6 Å². The molecule has 3 heterocycles. The number of carbonyl (C=O) groups excluding carboxylic acids is 1. The summed E-state index contributed by atoms with van der Waals surface area (Å²) in [5, 5.41) is 14.5. The fraction of sp³-hybridized carbons (Fsp3) is 0.389. The molecule has 1 atom stereocenters. The number of aromatic hydroxyl groups is 1. The summed E-state index contributed by atoms with van der Waals surface area (Å²) in [6.07, 6.45) is 0.914. The molecule has 1 amide bonds. The molecule has 0 aliphatic carbocycles. The van der Waals surface area contributed by atoms with Crippen LogP contribution in [0, 0.1) is 6.92 Å². The summed E-state index contributed by atoms with van der Waals surface area (Å²) >= 11 is 4.99. The molecule has 1 aromatic carbocycles. The van der Waals surface area contributed by atoms with Crippen molar-refractivity contribution in [1.29, 1.82) is 0 Å². The number of hydrogen-bond donors (Lipinski definition) is 2. The van der Waals surface area contributed by atoms with E-state index in [2.05, 4.69) is 37.1 Å². The van der Waals surface area contributed by atoms with E-state index in [0.717, 1.165) is 22.9 Å². The van der Waals surface area contributed by atoms with Crippen LogP contribution >= 0.6 is 12.2 Å². The van der Waals surface area contributed by atoms with Gasteiger partial charge in [-0.25, -0.2) is 4.99 Å². The Morgan fingerprint density at radius 3 is 2.75 bits per heavy atom. The lowest BCUT2D eigenvalue weighted by atomic mass is 9.82. The van der Waals surface area contributed by atoms with Crippen molar-refractivity contribution in [3.8, 4) is 5.88 Å². The van der Waals surface area contributed by atoms with E-state index >= 15 is 0 Å². The second-order valence-corrected chi connectivity index (χ2v) is 7.81.